The number of halogens is 2. The average molecular weight is 461 g/mol. The number of hydrogen-bond acceptors (Lipinski definition) is 3. The summed E-state index contributed by atoms with van der Waals surface area (Å²) in [6.07, 6.45) is 0. The molecule has 0 atom stereocenters. The number of amides is 1. The van der Waals surface area contributed by atoms with Gasteiger partial charge in [0.2, 0.25) is 0 Å². The fourth-order valence-corrected chi connectivity index (χ4v) is 3.21. The van der Waals surface area contributed by atoms with Crippen LogP contribution in [-0.4, -0.2) is 12.5 Å². The van der Waals surface area contributed by atoms with Crippen molar-refractivity contribution in [3.05, 3.63) is 87.4 Å². The number of anilines is 1. The Kier molecular flexibility index (Phi) is 6.95. The fraction of sp³-hybridized carbons (Fsp3) is 0.136. The second-order valence-electron chi connectivity index (χ2n) is 5.94. The number of benzene rings is 3. The molecule has 0 unspecified atom stereocenters. The van der Waals surface area contributed by atoms with Gasteiger partial charge in [-0.05, 0) is 55.5 Å². The molecule has 0 radical (unpaired) electrons. The minimum Gasteiger partial charge on any atom is -0.493 e. The van der Waals surface area contributed by atoms with E-state index in [1.807, 2.05) is 43.3 Å². The summed E-state index contributed by atoms with van der Waals surface area (Å²) >= 11 is 9.55. The minimum absolute atomic E-state index is 0.208. The molecule has 0 bridgehead atoms. The predicted octanol–water partition coefficient (Wildman–Crippen LogP) is 6.33. The van der Waals surface area contributed by atoms with Gasteiger partial charge in [0.05, 0.1) is 11.6 Å². The fourth-order valence-electron chi connectivity index (χ4n) is 2.62. The van der Waals surface area contributed by atoms with Crippen molar-refractivity contribution in [1.29, 1.82) is 0 Å². The van der Waals surface area contributed by atoms with Crippen molar-refractivity contribution in [1.82, 2.24) is 0 Å². The Morgan fingerprint density at radius 1 is 1.00 bits per heavy atom. The van der Waals surface area contributed by atoms with E-state index in [0.29, 0.717) is 34.4 Å². The number of carbonyl (C=O) groups excluding carboxylic acids is 1. The van der Waals surface area contributed by atoms with Gasteiger partial charge in [0.15, 0.2) is 0 Å². The monoisotopic (exact) mass is 459 g/mol. The Morgan fingerprint density at radius 2 is 1.82 bits per heavy atom. The summed E-state index contributed by atoms with van der Waals surface area (Å²) in [4.78, 5) is 12.6. The Balaban J connectivity index is 1.80. The maximum absolute atomic E-state index is 12.6. The van der Waals surface area contributed by atoms with Crippen LogP contribution in [0.4, 0.5) is 5.69 Å². The van der Waals surface area contributed by atoms with Crippen LogP contribution in [0.1, 0.15) is 22.8 Å². The molecule has 0 saturated heterocycles. The van der Waals surface area contributed by atoms with Crippen molar-refractivity contribution >= 4 is 39.1 Å². The van der Waals surface area contributed by atoms with Gasteiger partial charge in [0.25, 0.3) is 5.91 Å². The van der Waals surface area contributed by atoms with Crippen LogP contribution in [0.25, 0.3) is 0 Å². The molecule has 1 amide bonds. The zero-order valence-corrected chi connectivity index (χ0v) is 17.6. The molecule has 0 aliphatic heterocycles. The lowest BCUT2D eigenvalue weighted by Crippen LogP contribution is -2.13. The maximum Gasteiger partial charge on any atom is 0.255 e. The molecular weight excluding hydrogens is 442 g/mol. The highest BCUT2D eigenvalue weighted by molar-refractivity contribution is 9.10. The largest absolute Gasteiger partial charge is 0.493 e. The van der Waals surface area contributed by atoms with E-state index >= 15 is 0 Å². The van der Waals surface area contributed by atoms with Crippen molar-refractivity contribution in [2.75, 3.05) is 11.9 Å². The van der Waals surface area contributed by atoms with Crippen LogP contribution in [0.5, 0.6) is 11.5 Å². The quantitative estimate of drug-likeness (QED) is 0.448. The van der Waals surface area contributed by atoms with Crippen LogP contribution in [0.3, 0.4) is 0 Å². The highest BCUT2D eigenvalue weighted by atomic mass is 79.9. The average Bonchev–Trinajstić information content (AvgIpc) is 2.68. The summed E-state index contributed by atoms with van der Waals surface area (Å²) in [7, 11) is 0. The van der Waals surface area contributed by atoms with Crippen molar-refractivity contribution in [3.8, 4) is 11.5 Å². The molecule has 0 spiro atoms. The number of para-hydroxylation sites is 1. The molecule has 144 valence electrons. The molecule has 0 aromatic heterocycles. The Hall–Kier alpha value is -2.50. The first-order valence-electron chi connectivity index (χ1n) is 8.77. The molecule has 28 heavy (non-hydrogen) atoms. The summed E-state index contributed by atoms with van der Waals surface area (Å²) in [5.41, 5.74) is 1.99. The Morgan fingerprint density at radius 3 is 2.57 bits per heavy atom. The number of ether oxygens (including phenoxy) is 2. The molecule has 6 heteroatoms. The van der Waals surface area contributed by atoms with E-state index in [0.717, 1.165) is 10.0 Å². The number of rotatable bonds is 7. The zero-order chi connectivity index (χ0) is 19.9. The van der Waals surface area contributed by atoms with Crippen molar-refractivity contribution in [2.45, 2.75) is 13.5 Å². The summed E-state index contributed by atoms with van der Waals surface area (Å²) in [6.45, 7) is 2.66. The second kappa shape index (κ2) is 9.62. The van der Waals surface area contributed by atoms with Gasteiger partial charge in [-0.1, -0.05) is 45.7 Å². The summed E-state index contributed by atoms with van der Waals surface area (Å²) in [5, 5.41) is 3.42. The first-order valence-corrected chi connectivity index (χ1v) is 9.94. The van der Waals surface area contributed by atoms with Gasteiger partial charge >= 0.3 is 0 Å². The molecule has 3 aromatic rings. The summed E-state index contributed by atoms with van der Waals surface area (Å²) in [5.74, 6) is 1.05. The maximum atomic E-state index is 12.6. The Labute approximate surface area is 177 Å². The Bertz CT molecular complexity index is 978. The lowest BCUT2D eigenvalue weighted by molar-refractivity contribution is 0.102. The van der Waals surface area contributed by atoms with E-state index in [1.165, 1.54) is 0 Å². The van der Waals surface area contributed by atoms with Crippen LogP contribution in [0.15, 0.2) is 71.2 Å². The zero-order valence-electron chi connectivity index (χ0n) is 15.2. The SMILES string of the molecule is CCOc1ccc(C(=O)Nc2cccc(Br)c2)cc1COc1ccccc1Cl. The predicted molar refractivity (Wildman–Crippen MR) is 115 cm³/mol. The molecule has 3 rings (SSSR count). The molecular formula is C22H19BrClNO3. The minimum atomic E-state index is -0.208. The third-order valence-electron chi connectivity index (χ3n) is 3.92. The molecule has 1 N–H and O–H groups in total. The third kappa shape index (κ3) is 5.27. The summed E-state index contributed by atoms with van der Waals surface area (Å²) in [6, 6.07) is 20.0. The van der Waals surface area contributed by atoms with Gasteiger partial charge in [-0.15, -0.1) is 0 Å². The molecule has 0 aliphatic rings. The van der Waals surface area contributed by atoms with E-state index in [-0.39, 0.29) is 12.5 Å². The van der Waals surface area contributed by atoms with Crippen LogP contribution in [0, 0.1) is 0 Å². The number of nitrogens with one attached hydrogen (secondary N) is 1. The normalized spacial score (nSPS) is 10.4. The van der Waals surface area contributed by atoms with Crippen molar-refractivity contribution < 1.29 is 14.3 Å². The third-order valence-corrected chi connectivity index (χ3v) is 4.73. The van der Waals surface area contributed by atoms with Gasteiger partial charge in [0, 0.05) is 21.3 Å². The van der Waals surface area contributed by atoms with Crippen LogP contribution >= 0.6 is 27.5 Å². The van der Waals surface area contributed by atoms with Gasteiger partial charge < -0.3 is 14.8 Å². The van der Waals surface area contributed by atoms with Crippen LogP contribution < -0.4 is 14.8 Å². The van der Waals surface area contributed by atoms with E-state index in [1.54, 1.807) is 30.3 Å². The van der Waals surface area contributed by atoms with Crippen molar-refractivity contribution in [3.63, 3.8) is 0 Å². The number of carbonyl (C=O) groups is 1. The molecule has 0 aliphatic carbocycles. The number of hydrogen-bond donors (Lipinski definition) is 1. The molecule has 0 heterocycles. The van der Waals surface area contributed by atoms with Gasteiger partial charge in [-0.25, -0.2) is 0 Å². The first-order chi connectivity index (χ1) is 13.6. The molecule has 0 fully saturated rings. The standard InChI is InChI=1S/C22H19BrClNO3/c1-2-27-20-11-10-15(22(26)25-18-7-5-6-17(23)13-18)12-16(20)14-28-21-9-4-3-8-19(21)24/h3-13H,2,14H2,1H3,(H,25,26). The van der Waals surface area contributed by atoms with E-state index < -0.39 is 0 Å². The second-order valence-corrected chi connectivity index (χ2v) is 7.26. The van der Waals surface area contributed by atoms with Crippen LogP contribution in [-0.2, 0) is 6.61 Å². The topological polar surface area (TPSA) is 47.6 Å². The smallest absolute Gasteiger partial charge is 0.255 e. The first kappa shape index (κ1) is 20.2. The summed E-state index contributed by atoms with van der Waals surface area (Å²) < 4.78 is 12.4. The van der Waals surface area contributed by atoms with Crippen LogP contribution in [0.2, 0.25) is 5.02 Å². The molecule has 4 nitrogen and oxygen atoms in total. The van der Waals surface area contributed by atoms with E-state index in [2.05, 4.69) is 21.2 Å². The van der Waals surface area contributed by atoms with Gasteiger partial charge in [-0.3, -0.25) is 4.79 Å². The molecule has 3 aromatic carbocycles. The van der Waals surface area contributed by atoms with E-state index in [4.69, 9.17) is 21.1 Å². The lowest BCUT2D eigenvalue weighted by Gasteiger charge is -2.14. The van der Waals surface area contributed by atoms with E-state index in [9.17, 15) is 4.79 Å². The van der Waals surface area contributed by atoms with Gasteiger partial charge in [0.1, 0.15) is 18.1 Å². The van der Waals surface area contributed by atoms with Crippen molar-refractivity contribution in [2.24, 2.45) is 0 Å². The van der Waals surface area contributed by atoms with Gasteiger partial charge in [-0.2, -0.15) is 0 Å². The lowest BCUT2D eigenvalue weighted by atomic mass is 10.1. The highest BCUT2D eigenvalue weighted by Crippen LogP contribution is 2.27. The molecule has 0 saturated carbocycles. The highest BCUT2D eigenvalue weighted by Gasteiger charge is 2.12.